The predicted molar refractivity (Wildman–Crippen MR) is 77.6 cm³/mol. The normalized spacial score (nSPS) is 11.1. The molecule has 0 aliphatic rings. The van der Waals surface area contributed by atoms with Gasteiger partial charge in [0.2, 0.25) is 0 Å². The van der Waals surface area contributed by atoms with Crippen molar-refractivity contribution in [3.05, 3.63) is 60.2 Å². The molecule has 0 bridgehead atoms. The molecule has 0 aliphatic heterocycles. The first-order chi connectivity index (χ1) is 9.53. The number of hydrogen-bond acceptors (Lipinski definition) is 4. The molecule has 0 aliphatic carbocycles. The number of hydrogen-bond donors (Lipinski definition) is 0. The quantitative estimate of drug-likeness (QED) is 0.768. The van der Waals surface area contributed by atoms with Gasteiger partial charge in [0.05, 0.1) is 12.9 Å². The van der Waals surface area contributed by atoms with Crippen LogP contribution in [-0.2, 0) is 16.5 Å². The number of benzene rings is 2. The van der Waals surface area contributed by atoms with Crippen LogP contribution in [0.5, 0.6) is 11.5 Å². The Labute approximate surface area is 119 Å². The van der Waals surface area contributed by atoms with Crippen LogP contribution in [0.4, 0.5) is 0 Å². The Hall–Kier alpha value is -2.01. The van der Waals surface area contributed by atoms with E-state index in [9.17, 15) is 8.42 Å². The van der Waals surface area contributed by atoms with Gasteiger partial charge in [-0.25, -0.2) is 0 Å². The van der Waals surface area contributed by atoms with Crippen molar-refractivity contribution in [2.24, 2.45) is 0 Å². The van der Waals surface area contributed by atoms with E-state index in [0.717, 1.165) is 17.6 Å². The summed E-state index contributed by atoms with van der Waals surface area (Å²) in [5.41, 5.74) is 0.960. The van der Waals surface area contributed by atoms with Crippen molar-refractivity contribution in [3.63, 3.8) is 0 Å². The summed E-state index contributed by atoms with van der Waals surface area (Å²) in [6, 6.07) is 16.5. The van der Waals surface area contributed by atoms with Crippen LogP contribution >= 0.6 is 0 Å². The third-order valence-corrected chi connectivity index (χ3v) is 3.04. The monoisotopic (exact) mass is 292 g/mol. The molecule has 0 radical (unpaired) electrons. The Morgan fingerprint density at radius 3 is 2.35 bits per heavy atom. The van der Waals surface area contributed by atoms with Gasteiger partial charge in [-0.3, -0.25) is 0 Å². The van der Waals surface area contributed by atoms with E-state index in [1.54, 1.807) is 18.2 Å². The topological polar surface area (TPSA) is 52.6 Å². The first kappa shape index (κ1) is 14.4. The molecule has 2 rings (SSSR count). The van der Waals surface area contributed by atoms with Gasteiger partial charge < -0.3 is 8.92 Å². The molecule has 2 aromatic rings. The van der Waals surface area contributed by atoms with E-state index < -0.39 is 10.1 Å². The summed E-state index contributed by atoms with van der Waals surface area (Å²) in [6.07, 6.45) is 1.70. The number of ether oxygens (including phenoxy) is 1. The second-order valence-electron chi connectivity index (χ2n) is 4.35. The van der Waals surface area contributed by atoms with Crippen LogP contribution in [-0.4, -0.2) is 21.3 Å². The highest BCUT2D eigenvalue weighted by Crippen LogP contribution is 2.16. The third-order valence-electron chi connectivity index (χ3n) is 2.55. The van der Waals surface area contributed by atoms with E-state index in [2.05, 4.69) is 0 Å². The highest BCUT2D eigenvalue weighted by molar-refractivity contribution is 7.86. The van der Waals surface area contributed by atoms with Gasteiger partial charge >= 0.3 is 10.1 Å². The Bertz CT molecular complexity index is 651. The molecule has 0 N–H and O–H groups in total. The maximum atomic E-state index is 11.1. The number of para-hydroxylation sites is 1. The summed E-state index contributed by atoms with van der Waals surface area (Å²) >= 11 is 0. The maximum absolute atomic E-state index is 11.1. The summed E-state index contributed by atoms with van der Waals surface area (Å²) in [7, 11) is -3.49. The molecule has 4 nitrogen and oxygen atoms in total. The molecule has 0 spiro atoms. The Kier molecular flexibility index (Phi) is 4.63. The maximum Gasteiger partial charge on any atom is 0.306 e. The van der Waals surface area contributed by atoms with Crippen LogP contribution in [0.15, 0.2) is 54.6 Å². The van der Waals surface area contributed by atoms with E-state index in [1.807, 2.05) is 36.4 Å². The molecule has 0 aromatic heterocycles. The lowest BCUT2D eigenvalue weighted by Crippen LogP contribution is -2.06. The van der Waals surface area contributed by atoms with Gasteiger partial charge in [-0.05, 0) is 29.8 Å². The molecule has 0 fully saturated rings. The zero-order chi connectivity index (χ0) is 14.4. The van der Waals surface area contributed by atoms with Crippen molar-refractivity contribution in [2.75, 3.05) is 12.9 Å². The van der Waals surface area contributed by atoms with Crippen molar-refractivity contribution in [1.82, 2.24) is 0 Å². The molecule has 0 atom stereocenters. The second kappa shape index (κ2) is 6.43. The SMILES string of the molecule is CS(=O)(=O)Oc1cccc(CCOc2ccccc2)c1. The molecule has 0 saturated carbocycles. The highest BCUT2D eigenvalue weighted by Gasteiger charge is 2.05. The van der Waals surface area contributed by atoms with Crippen LogP contribution in [0.1, 0.15) is 5.56 Å². The van der Waals surface area contributed by atoms with Gasteiger partial charge in [0.25, 0.3) is 0 Å². The Morgan fingerprint density at radius 1 is 0.950 bits per heavy atom. The van der Waals surface area contributed by atoms with Gasteiger partial charge in [-0.1, -0.05) is 30.3 Å². The molecule has 0 unspecified atom stereocenters. The zero-order valence-corrected chi connectivity index (χ0v) is 12.0. The fourth-order valence-electron chi connectivity index (χ4n) is 1.73. The fraction of sp³-hybridized carbons (Fsp3) is 0.200. The zero-order valence-electron chi connectivity index (χ0n) is 11.2. The minimum atomic E-state index is -3.49. The summed E-state index contributed by atoms with van der Waals surface area (Å²) in [4.78, 5) is 0. The molecular formula is C15H16O4S. The molecule has 0 amide bonds. The van der Waals surface area contributed by atoms with Crippen LogP contribution in [0.2, 0.25) is 0 Å². The fourth-order valence-corrected chi connectivity index (χ4v) is 2.18. The minimum absolute atomic E-state index is 0.324. The highest BCUT2D eigenvalue weighted by atomic mass is 32.2. The molecule has 5 heteroatoms. The van der Waals surface area contributed by atoms with E-state index in [1.165, 1.54) is 0 Å². The largest absolute Gasteiger partial charge is 0.493 e. The van der Waals surface area contributed by atoms with Gasteiger partial charge in [-0.2, -0.15) is 8.42 Å². The van der Waals surface area contributed by atoms with Crippen LogP contribution in [0.25, 0.3) is 0 Å². The summed E-state index contributed by atoms with van der Waals surface area (Å²) in [5, 5.41) is 0. The Balaban J connectivity index is 1.92. The van der Waals surface area contributed by atoms with Crippen LogP contribution in [0.3, 0.4) is 0 Å². The number of rotatable bonds is 6. The first-order valence-corrected chi connectivity index (χ1v) is 8.01. The summed E-state index contributed by atoms with van der Waals surface area (Å²) in [5.74, 6) is 1.14. The van der Waals surface area contributed by atoms with E-state index >= 15 is 0 Å². The smallest absolute Gasteiger partial charge is 0.306 e. The van der Waals surface area contributed by atoms with Crippen molar-refractivity contribution in [2.45, 2.75) is 6.42 Å². The van der Waals surface area contributed by atoms with Gasteiger partial charge in [0.1, 0.15) is 11.5 Å². The lowest BCUT2D eigenvalue weighted by molar-refractivity contribution is 0.322. The van der Waals surface area contributed by atoms with Gasteiger partial charge in [0, 0.05) is 6.42 Å². The summed E-state index contributed by atoms with van der Waals surface area (Å²) in [6.45, 7) is 0.520. The van der Waals surface area contributed by atoms with Crippen molar-refractivity contribution >= 4 is 10.1 Å². The van der Waals surface area contributed by atoms with Crippen molar-refractivity contribution in [3.8, 4) is 11.5 Å². The lowest BCUT2D eigenvalue weighted by atomic mass is 10.1. The van der Waals surface area contributed by atoms with Gasteiger partial charge in [-0.15, -0.1) is 0 Å². The predicted octanol–water partition coefficient (Wildman–Crippen LogP) is 2.65. The lowest BCUT2D eigenvalue weighted by Gasteiger charge is -2.07. The van der Waals surface area contributed by atoms with E-state index in [-0.39, 0.29) is 0 Å². The van der Waals surface area contributed by atoms with Crippen LogP contribution < -0.4 is 8.92 Å². The van der Waals surface area contributed by atoms with E-state index in [0.29, 0.717) is 18.8 Å². The minimum Gasteiger partial charge on any atom is -0.493 e. The molecule has 106 valence electrons. The average Bonchev–Trinajstić information content (AvgIpc) is 2.38. The average molecular weight is 292 g/mol. The molecule has 0 saturated heterocycles. The molecule has 2 aromatic carbocycles. The summed E-state index contributed by atoms with van der Waals surface area (Å²) < 4.78 is 32.6. The molecule has 0 heterocycles. The third kappa shape index (κ3) is 4.93. The second-order valence-corrected chi connectivity index (χ2v) is 5.92. The van der Waals surface area contributed by atoms with Gasteiger partial charge in [0.15, 0.2) is 0 Å². The van der Waals surface area contributed by atoms with Crippen molar-refractivity contribution < 1.29 is 17.3 Å². The van der Waals surface area contributed by atoms with E-state index in [4.69, 9.17) is 8.92 Å². The Morgan fingerprint density at radius 2 is 1.65 bits per heavy atom. The molecule has 20 heavy (non-hydrogen) atoms. The standard InChI is InChI=1S/C15H16O4S/c1-20(16,17)19-15-9-5-6-13(12-15)10-11-18-14-7-3-2-4-8-14/h2-9,12H,10-11H2,1H3. The first-order valence-electron chi connectivity index (χ1n) is 6.19. The van der Waals surface area contributed by atoms with Crippen LogP contribution in [0, 0.1) is 0 Å². The van der Waals surface area contributed by atoms with Crippen molar-refractivity contribution in [1.29, 1.82) is 0 Å². The molecular weight excluding hydrogens is 276 g/mol.